The molecule has 0 aromatic heterocycles. The number of hydrogen-bond donors (Lipinski definition) is 3. The highest BCUT2D eigenvalue weighted by Gasteiger charge is 1.91. The second kappa shape index (κ2) is 5.48. The van der Waals surface area contributed by atoms with Crippen LogP contribution in [0.3, 0.4) is 0 Å². The molecule has 0 radical (unpaired) electrons. The van der Waals surface area contributed by atoms with Crippen LogP contribution in [0.1, 0.15) is 0 Å². The fourth-order valence-corrected chi connectivity index (χ4v) is 0.604. The van der Waals surface area contributed by atoms with Gasteiger partial charge >= 0.3 is 0 Å². The SMILES string of the molecule is C1CNCCN1.CS(N)(=O)=O. The van der Waals surface area contributed by atoms with Crippen LogP contribution in [0.25, 0.3) is 0 Å². The Balaban J connectivity index is 0.000000187. The van der Waals surface area contributed by atoms with Crippen LogP contribution < -0.4 is 15.8 Å². The molecule has 0 aromatic carbocycles. The fraction of sp³-hybridized carbons (Fsp3) is 1.00. The molecule has 11 heavy (non-hydrogen) atoms. The molecule has 6 heteroatoms. The summed E-state index contributed by atoms with van der Waals surface area (Å²) in [6.45, 7) is 4.56. The van der Waals surface area contributed by atoms with Gasteiger partial charge in [0.05, 0.1) is 6.26 Å². The van der Waals surface area contributed by atoms with E-state index < -0.39 is 10.0 Å². The number of primary sulfonamides is 1. The van der Waals surface area contributed by atoms with Crippen molar-refractivity contribution in [1.29, 1.82) is 0 Å². The lowest BCUT2D eigenvalue weighted by Gasteiger charge is -2.11. The van der Waals surface area contributed by atoms with Crippen LogP contribution in [0, 0.1) is 0 Å². The van der Waals surface area contributed by atoms with Crippen molar-refractivity contribution in [2.75, 3.05) is 32.4 Å². The average molecular weight is 181 g/mol. The number of rotatable bonds is 0. The topological polar surface area (TPSA) is 84.2 Å². The second-order valence-corrected chi connectivity index (χ2v) is 3.99. The zero-order chi connectivity index (χ0) is 8.74. The molecule has 0 aliphatic carbocycles. The molecule has 1 saturated heterocycles. The molecule has 1 rings (SSSR count). The number of nitrogens with one attached hydrogen (secondary N) is 2. The van der Waals surface area contributed by atoms with E-state index in [1.54, 1.807) is 0 Å². The summed E-state index contributed by atoms with van der Waals surface area (Å²) in [6.07, 6.45) is 0.938. The molecule has 0 saturated carbocycles. The Bertz CT molecular complexity index is 155. The summed E-state index contributed by atoms with van der Waals surface area (Å²) in [5, 5.41) is 10.8. The normalized spacial score (nSPS) is 18.4. The Hall–Kier alpha value is -0.170. The van der Waals surface area contributed by atoms with Crippen LogP contribution in [0.4, 0.5) is 0 Å². The zero-order valence-corrected chi connectivity index (χ0v) is 7.45. The van der Waals surface area contributed by atoms with Gasteiger partial charge in [0.25, 0.3) is 0 Å². The summed E-state index contributed by atoms with van der Waals surface area (Å²) >= 11 is 0. The summed E-state index contributed by atoms with van der Waals surface area (Å²) in [4.78, 5) is 0. The van der Waals surface area contributed by atoms with Crippen molar-refractivity contribution < 1.29 is 8.42 Å². The molecule has 1 heterocycles. The van der Waals surface area contributed by atoms with Gasteiger partial charge in [-0.15, -0.1) is 0 Å². The van der Waals surface area contributed by atoms with Crippen molar-refractivity contribution >= 4 is 10.0 Å². The highest BCUT2D eigenvalue weighted by molar-refractivity contribution is 7.88. The van der Waals surface area contributed by atoms with Crippen LogP contribution in [0.15, 0.2) is 0 Å². The first-order valence-corrected chi connectivity index (χ1v) is 5.35. The van der Waals surface area contributed by atoms with E-state index in [4.69, 9.17) is 0 Å². The van der Waals surface area contributed by atoms with Crippen LogP contribution in [-0.2, 0) is 10.0 Å². The third-order valence-corrected chi connectivity index (χ3v) is 0.957. The van der Waals surface area contributed by atoms with Crippen molar-refractivity contribution in [1.82, 2.24) is 10.6 Å². The lowest BCUT2D eigenvalue weighted by Crippen LogP contribution is -2.39. The van der Waals surface area contributed by atoms with Crippen LogP contribution in [0.5, 0.6) is 0 Å². The zero-order valence-electron chi connectivity index (χ0n) is 6.63. The fourth-order valence-electron chi connectivity index (χ4n) is 0.604. The molecule has 0 unspecified atom stereocenters. The Kier molecular flexibility index (Phi) is 5.39. The molecule has 0 atom stereocenters. The first-order chi connectivity index (χ1) is 5.00. The molecule has 68 valence electrons. The second-order valence-electron chi connectivity index (χ2n) is 2.33. The smallest absolute Gasteiger partial charge is 0.206 e. The number of sulfonamides is 1. The summed E-state index contributed by atoms with van der Waals surface area (Å²) in [7, 11) is -3.17. The van der Waals surface area contributed by atoms with E-state index in [-0.39, 0.29) is 0 Å². The molecule has 5 nitrogen and oxygen atoms in total. The van der Waals surface area contributed by atoms with E-state index in [0.717, 1.165) is 32.4 Å². The molecule has 4 N–H and O–H groups in total. The van der Waals surface area contributed by atoms with Gasteiger partial charge in [-0.25, -0.2) is 13.6 Å². The molecular formula is C5H15N3O2S. The van der Waals surface area contributed by atoms with Crippen LogP contribution in [0.2, 0.25) is 0 Å². The predicted molar refractivity (Wildman–Crippen MR) is 44.8 cm³/mol. The van der Waals surface area contributed by atoms with E-state index in [2.05, 4.69) is 15.8 Å². The first kappa shape index (κ1) is 10.8. The molecule has 1 aliphatic rings. The monoisotopic (exact) mass is 181 g/mol. The highest BCUT2D eigenvalue weighted by atomic mass is 32.2. The standard InChI is InChI=1S/C4H10N2.CH5NO2S/c1-2-6-4-3-5-1;1-5(2,3)4/h5-6H,1-4H2;1H3,(H2,2,3,4). The van der Waals surface area contributed by atoms with Gasteiger partial charge in [0.15, 0.2) is 0 Å². The van der Waals surface area contributed by atoms with E-state index in [9.17, 15) is 8.42 Å². The van der Waals surface area contributed by atoms with E-state index in [0.29, 0.717) is 0 Å². The van der Waals surface area contributed by atoms with Gasteiger partial charge in [-0.3, -0.25) is 0 Å². The largest absolute Gasteiger partial charge is 0.314 e. The minimum absolute atomic E-state index is 0.938. The lowest BCUT2D eigenvalue weighted by molar-refractivity contribution is 0.534. The first-order valence-electron chi connectivity index (χ1n) is 3.39. The van der Waals surface area contributed by atoms with Gasteiger partial charge < -0.3 is 10.6 Å². The van der Waals surface area contributed by atoms with Crippen LogP contribution >= 0.6 is 0 Å². The maximum Gasteiger partial charge on any atom is 0.206 e. The third-order valence-electron chi connectivity index (χ3n) is 0.957. The number of nitrogens with two attached hydrogens (primary N) is 1. The van der Waals surface area contributed by atoms with Crippen molar-refractivity contribution in [3.8, 4) is 0 Å². The van der Waals surface area contributed by atoms with Crippen LogP contribution in [-0.4, -0.2) is 40.9 Å². The van der Waals surface area contributed by atoms with Gasteiger partial charge in [-0.2, -0.15) is 0 Å². The van der Waals surface area contributed by atoms with Gasteiger partial charge in [0.2, 0.25) is 10.0 Å². The molecule has 0 bridgehead atoms. The molecule has 0 aromatic rings. The van der Waals surface area contributed by atoms with Gasteiger partial charge in [0, 0.05) is 26.2 Å². The predicted octanol–water partition coefficient (Wildman–Crippen LogP) is -1.92. The molecular weight excluding hydrogens is 166 g/mol. The number of hydrogen-bond acceptors (Lipinski definition) is 4. The average Bonchev–Trinajstić information content (AvgIpc) is 1.88. The molecule has 0 spiro atoms. The van der Waals surface area contributed by atoms with E-state index >= 15 is 0 Å². The Labute approximate surface area is 67.4 Å². The van der Waals surface area contributed by atoms with Crippen molar-refractivity contribution in [3.05, 3.63) is 0 Å². The van der Waals surface area contributed by atoms with Gasteiger partial charge in [-0.05, 0) is 0 Å². The summed E-state index contributed by atoms with van der Waals surface area (Å²) in [6, 6.07) is 0. The van der Waals surface area contributed by atoms with Crippen molar-refractivity contribution in [3.63, 3.8) is 0 Å². The Morgan fingerprint density at radius 1 is 1.09 bits per heavy atom. The van der Waals surface area contributed by atoms with Crippen molar-refractivity contribution in [2.24, 2.45) is 5.14 Å². The Morgan fingerprint density at radius 2 is 1.27 bits per heavy atom. The van der Waals surface area contributed by atoms with E-state index in [1.165, 1.54) is 0 Å². The van der Waals surface area contributed by atoms with Crippen molar-refractivity contribution in [2.45, 2.75) is 0 Å². The molecule has 0 amide bonds. The lowest BCUT2D eigenvalue weighted by atomic mass is 10.4. The maximum absolute atomic E-state index is 9.41. The molecule has 1 aliphatic heterocycles. The summed E-state index contributed by atoms with van der Waals surface area (Å²) in [5.74, 6) is 0. The minimum atomic E-state index is -3.17. The minimum Gasteiger partial charge on any atom is -0.314 e. The third kappa shape index (κ3) is 17.7. The molecule has 1 fully saturated rings. The summed E-state index contributed by atoms with van der Waals surface area (Å²) < 4.78 is 18.8. The number of piperazine rings is 1. The van der Waals surface area contributed by atoms with Gasteiger partial charge in [0.1, 0.15) is 0 Å². The van der Waals surface area contributed by atoms with Gasteiger partial charge in [-0.1, -0.05) is 0 Å². The Morgan fingerprint density at radius 3 is 1.36 bits per heavy atom. The summed E-state index contributed by atoms with van der Waals surface area (Å²) in [5.41, 5.74) is 0. The maximum atomic E-state index is 9.41. The van der Waals surface area contributed by atoms with E-state index in [1.807, 2.05) is 0 Å². The quantitative estimate of drug-likeness (QED) is 0.407. The highest BCUT2D eigenvalue weighted by Crippen LogP contribution is 1.65.